The van der Waals surface area contributed by atoms with Crippen molar-refractivity contribution < 1.29 is 44.7 Å². The van der Waals surface area contributed by atoms with Crippen molar-refractivity contribution in [3.8, 4) is 0 Å². The highest BCUT2D eigenvalue weighted by Crippen LogP contribution is 1.43. The Morgan fingerprint density at radius 2 is 0.562 bits per heavy atom. The number of rotatable bonds is 0. The highest BCUT2D eigenvalue weighted by molar-refractivity contribution is 5.63. The van der Waals surface area contributed by atoms with Gasteiger partial charge in [0.15, 0.2) is 0 Å². The molecule has 0 saturated heterocycles. The van der Waals surface area contributed by atoms with E-state index < -0.39 is 24.1 Å². The Labute approximate surface area is 90.6 Å². The summed E-state index contributed by atoms with van der Waals surface area (Å²) in [5, 5.41) is 36.2. The Morgan fingerprint density at radius 1 is 0.562 bits per heavy atom. The lowest BCUT2D eigenvalue weighted by Crippen LogP contribution is -1.81. The fraction of sp³-hybridized carbons (Fsp3) is 0.429. The number of carbonyl (C=O) groups is 4. The van der Waals surface area contributed by atoms with Crippen molar-refractivity contribution >= 4 is 24.1 Å². The second kappa shape index (κ2) is 18.5. The standard InChI is InChI=1S/3C2H4O2.CH2O3/c3*1-2(3)4;2-1(3)4/h3*1H3,(H,3,4);(H2,2,3,4). The van der Waals surface area contributed by atoms with Crippen LogP contribution in [0, 0.1) is 0 Å². The summed E-state index contributed by atoms with van der Waals surface area (Å²) in [6, 6.07) is 0. The minimum atomic E-state index is -1.83. The molecule has 0 aliphatic rings. The van der Waals surface area contributed by atoms with Crippen LogP contribution in [0.3, 0.4) is 0 Å². The van der Waals surface area contributed by atoms with Crippen molar-refractivity contribution in [2.75, 3.05) is 0 Å². The Bertz CT molecular complexity index is 156. The minimum Gasteiger partial charge on any atom is -0.481 e. The van der Waals surface area contributed by atoms with Crippen LogP contribution < -0.4 is 0 Å². The van der Waals surface area contributed by atoms with Crippen LogP contribution in [0.25, 0.3) is 0 Å². The van der Waals surface area contributed by atoms with Crippen LogP contribution >= 0.6 is 0 Å². The second-order valence-electron chi connectivity index (χ2n) is 1.84. The molecule has 0 aliphatic heterocycles. The predicted molar refractivity (Wildman–Crippen MR) is 50.6 cm³/mol. The maximum Gasteiger partial charge on any atom is 0.503 e. The van der Waals surface area contributed by atoms with Gasteiger partial charge in [-0.15, -0.1) is 0 Å². The van der Waals surface area contributed by atoms with E-state index in [0.29, 0.717) is 0 Å². The van der Waals surface area contributed by atoms with E-state index in [4.69, 9.17) is 44.7 Å². The molecule has 0 fully saturated rings. The van der Waals surface area contributed by atoms with Crippen molar-refractivity contribution in [3.63, 3.8) is 0 Å². The van der Waals surface area contributed by atoms with Crippen molar-refractivity contribution in [1.29, 1.82) is 0 Å². The molecule has 0 aromatic rings. The van der Waals surface area contributed by atoms with E-state index in [2.05, 4.69) is 0 Å². The smallest absolute Gasteiger partial charge is 0.481 e. The molecule has 0 spiro atoms. The number of aliphatic carboxylic acids is 3. The van der Waals surface area contributed by atoms with Gasteiger partial charge >= 0.3 is 6.16 Å². The molecule has 96 valence electrons. The summed E-state index contributed by atoms with van der Waals surface area (Å²) in [4.78, 5) is 35.6. The summed E-state index contributed by atoms with van der Waals surface area (Å²) in [5.41, 5.74) is 0. The molecule has 0 radical (unpaired) electrons. The third-order valence-corrected chi connectivity index (χ3v) is 0. The summed E-state index contributed by atoms with van der Waals surface area (Å²) in [6.07, 6.45) is -1.83. The molecule has 0 atom stereocenters. The quantitative estimate of drug-likeness (QED) is 0.405. The first-order valence-corrected chi connectivity index (χ1v) is 3.43. The molecule has 9 nitrogen and oxygen atoms in total. The minimum absolute atomic E-state index is 0.833. The largest absolute Gasteiger partial charge is 0.503 e. The lowest BCUT2D eigenvalue weighted by atomic mass is 10.9. The van der Waals surface area contributed by atoms with Crippen molar-refractivity contribution in [1.82, 2.24) is 0 Å². The van der Waals surface area contributed by atoms with E-state index in [1.165, 1.54) is 0 Å². The van der Waals surface area contributed by atoms with Gasteiger partial charge in [-0.2, -0.15) is 0 Å². The molecule has 0 aromatic heterocycles. The first-order valence-electron chi connectivity index (χ1n) is 3.43. The van der Waals surface area contributed by atoms with Gasteiger partial charge in [-0.25, -0.2) is 4.79 Å². The highest BCUT2D eigenvalue weighted by atomic mass is 16.6. The summed E-state index contributed by atoms with van der Waals surface area (Å²) in [7, 11) is 0. The molecule has 0 saturated carbocycles. The zero-order valence-corrected chi connectivity index (χ0v) is 8.87. The molecule has 0 unspecified atom stereocenters. The monoisotopic (exact) mass is 242 g/mol. The van der Waals surface area contributed by atoms with E-state index in [0.717, 1.165) is 20.8 Å². The molecule has 0 amide bonds. The van der Waals surface area contributed by atoms with Gasteiger partial charge < -0.3 is 25.5 Å². The molecule has 9 heteroatoms. The van der Waals surface area contributed by atoms with Gasteiger partial charge in [0.2, 0.25) is 0 Å². The summed E-state index contributed by atoms with van der Waals surface area (Å²) >= 11 is 0. The molecule has 5 N–H and O–H groups in total. The summed E-state index contributed by atoms with van der Waals surface area (Å²) < 4.78 is 0. The van der Waals surface area contributed by atoms with Crippen molar-refractivity contribution in [2.45, 2.75) is 20.8 Å². The summed E-state index contributed by atoms with van der Waals surface area (Å²) in [6.45, 7) is 3.25. The Kier molecular flexibility index (Phi) is 27.1. The second-order valence-corrected chi connectivity index (χ2v) is 1.84. The van der Waals surface area contributed by atoms with Crippen LogP contribution in [0.15, 0.2) is 0 Å². The highest BCUT2D eigenvalue weighted by Gasteiger charge is 1.70. The normalized spacial score (nSPS) is 6.19. The first kappa shape index (κ1) is 23.5. The van der Waals surface area contributed by atoms with Gasteiger partial charge in [-0.3, -0.25) is 14.4 Å². The van der Waals surface area contributed by atoms with Crippen molar-refractivity contribution in [2.24, 2.45) is 0 Å². The van der Waals surface area contributed by atoms with Crippen LogP contribution in [-0.4, -0.2) is 49.6 Å². The van der Waals surface area contributed by atoms with E-state index in [-0.39, 0.29) is 0 Å². The molecule has 0 aromatic carbocycles. The molecular weight excluding hydrogens is 228 g/mol. The van der Waals surface area contributed by atoms with Crippen LogP contribution in [0.1, 0.15) is 20.8 Å². The van der Waals surface area contributed by atoms with Gasteiger partial charge in [-0.05, 0) is 0 Å². The van der Waals surface area contributed by atoms with Gasteiger partial charge in [0.05, 0.1) is 0 Å². The maximum atomic E-state index is 9.00. The number of hydrogen-bond acceptors (Lipinski definition) is 4. The van der Waals surface area contributed by atoms with Gasteiger partial charge in [0, 0.05) is 20.8 Å². The van der Waals surface area contributed by atoms with E-state index in [1.54, 1.807) is 0 Å². The lowest BCUT2D eigenvalue weighted by Gasteiger charge is -1.60. The average molecular weight is 242 g/mol. The number of hydrogen-bond donors (Lipinski definition) is 5. The van der Waals surface area contributed by atoms with Crippen LogP contribution in [0.4, 0.5) is 4.79 Å². The Hall–Kier alpha value is -2.32. The SMILES string of the molecule is CC(=O)O.CC(=O)O.CC(=O)O.O=C(O)O. The summed E-state index contributed by atoms with van der Waals surface area (Å²) in [5.74, 6) is -2.50. The third kappa shape index (κ3) is 248. The maximum absolute atomic E-state index is 9.00. The molecule has 0 rings (SSSR count). The molecule has 16 heavy (non-hydrogen) atoms. The first-order chi connectivity index (χ1) is 6.93. The van der Waals surface area contributed by atoms with Crippen LogP contribution in [0.5, 0.6) is 0 Å². The van der Waals surface area contributed by atoms with Gasteiger partial charge in [0.25, 0.3) is 17.9 Å². The van der Waals surface area contributed by atoms with Gasteiger partial charge in [-0.1, -0.05) is 0 Å². The fourth-order valence-corrected chi connectivity index (χ4v) is 0. The Balaban J connectivity index is -0.0000000600. The van der Waals surface area contributed by atoms with Crippen LogP contribution in [0.2, 0.25) is 0 Å². The van der Waals surface area contributed by atoms with Crippen molar-refractivity contribution in [3.05, 3.63) is 0 Å². The van der Waals surface area contributed by atoms with E-state index >= 15 is 0 Å². The molecular formula is C7H14O9. The lowest BCUT2D eigenvalue weighted by molar-refractivity contribution is -0.135. The zero-order chi connectivity index (χ0) is 14.3. The molecule has 0 aliphatic carbocycles. The molecule has 0 bridgehead atoms. The third-order valence-electron chi connectivity index (χ3n) is 0. The van der Waals surface area contributed by atoms with Gasteiger partial charge in [0.1, 0.15) is 0 Å². The predicted octanol–water partition coefficient (Wildman–Crippen LogP) is 0.495. The average Bonchev–Trinajstić information content (AvgIpc) is 1.76. The zero-order valence-electron chi connectivity index (χ0n) is 8.87. The fourth-order valence-electron chi connectivity index (χ4n) is 0. The molecule has 0 heterocycles. The van der Waals surface area contributed by atoms with E-state index in [9.17, 15) is 0 Å². The van der Waals surface area contributed by atoms with Crippen LogP contribution in [-0.2, 0) is 14.4 Å². The van der Waals surface area contributed by atoms with E-state index in [1.807, 2.05) is 0 Å². The Morgan fingerprint density at radius 3 is 0.562 bits per heavy atom. The number of carboxylic acids is 3. The number of carboxylic acid groups (broad SMARTS) is 5. The topological polar surface area (TPSA) is 169 Å².